The average molecular weight is 159 g/mol. The molecule has 0 saturated heterocycles. The molecule has 0 atom stereocenters. The second kappa shape index (κ2) is 3.77. The monoisotopic (exact) mass is 159 g/mol. The number of rotatable bonds is 3. The molecule has 0 radical (unpaired) electrons. The third-order valence-electron chi connectivity index (χ3n) is 1.81. The Morgan fingerprint density at radius 2 is 2.08 bits per heavy atom. The third-order valence-corrected chi connectivity index (χ3v) is 1.81. The van der Waals surface area contributed by atoms with E-state index in [-0.39, 0.29) is 0 Å². The molecule has 0 aliphatic carbocycles. The first-order valence-corrected chi connectivity index (χ1v) is 3.88. The van der Waals surface area contributed by atoms with E-state index in [1.807, 2.05) is 37.4 Å². The molecule has 0 fully saturated rings. The fourth-order valence-corrected chi connectivity index (χ4v) is 1.08. The smallest absolute Gasteiger partial charge is 0.0344 e. The van der Waals surface area contributed by atoms with E-state index in [0.717, 1.165) is 16.8 Å². The maximum atomic E-state index is 3.89. The SMILES string of the molecule is C=Cc1ccccc1C(=C)NC. The van der Waals surface area contributed by atoms with Gasteiger partial charge in [-0.15, -0.1) is 0 Å². The molecular weight excluding hydrogens is 146 g/mol. The van der Waals surface area contributed by atoms with Crippen LogP contribution in [0.1, 0.15) is 11.1 Å². The van der Waals surface area contributed by atoms with Crippen LogP contribution in [0.25, 0.3) is 11.8 Å². The maximum absolute atomic E-state index is 3.89. The molecule has 0 saturated carbocycles. The summed E-state index contributed by atoms with van der Waals surface area (Å²) >= 11 is 0. The number of benzene rings is 1. The van der Waals surface area contributed by atoms with Crippen LogP contribution in [-0.2, 0) is 0 Å². The van der Waals surface area contributed by atoms with E-state index >= 15 is 0 Å². The zero-order valence-corrected chi connectivity index (χ0v) is 7.30. The molecule has 0 spiro atoms. The highest BCUT2D eigenvalue weighted by Crippen LogP contribution is 2.15. The van der Waals surface area contributed by atoms with Crippen molar-refractivity contribution in [1.29, 1.82) is 0 Å². The minimum absolute atomic E-state index is 0.922. The minimum Gasteiger partial charge on any atom is -0.388 e. The molecule has 62 valence electrons. The van der Waals surface area contributed by atoms with Crippen LogP contribution < -0.4 is 5.32 Å². The molecule has 1 N–H and O–H groups in total. The number of hydrogen-bond donors (Lipinski definition) is 1. The molecule has 1 aromatic carbocycles. The van der Waals surface area contributed by atoms with Crippen LogP contribution in [0.3, 0.4) is 0 Å². The van der Waals surface area contributed by atoms with Crippen LogP contribution >= 0.6 is 0 Å². The van der Waals surface area contributed by atoms with Crippen molar-refractivity contribution >= 4 is 11.8 Å². The van der Waals surface area contributed by atoms with Crippen molar-refractivity contribution in [2.75, 3.05) is 7.05 Å². The summed E-state index contributed by atoms with van der Waals surface area (Å²) in [7, 11) is 1.86. The van der Waals surface area contributed by atoms with Gasteiger partial charge in [-0.25, -0.2) is 0 Å². The predicted octanol–water partition coefficient (Wildman–Crippen LogP) is 2.52. The topological polar surface area (TPSA) is 12.0 Å². The molecule has 0 aliphatic heterocycles. The largest absolute Gasteiger partial charge is 0.388 e. The second-order valence-corrected chi connectivity index (χ2v) is 2.52. The Morgan fingerprint density at radius 1 is 1.42 bits per heavy atom. The lowest BCUT2D eigenvalue weighted by molar-refractivity contribution is 1.13. The summed E-state index contributed by atoms with van der Waals surface area (Å²) in [6, 6.07) is 8.02. The van der Waals surface area contributed by atoms with Gasteiger partial charge in [-0.1, -0.05) is 43.5 Å². The van der Waals surface area contributed by atoms with Gasteiger partial charge < -0.3 is 5.32 Å². The number of nitrogens with one attached hydrogen (secondary N) is 1. The molecule has 1 nitrogen and oxygen atoms in total. The summed E-state index contributed by atoms with van der Waals surface area (Å²) in [5.41, 5.74) is 3.14. The van der Waals surface area contributed by atoms with E-state index in [2.05, 4.69) is 18.5 Å². The van der Waals surface area contributed by atoms with Gasteiger partial charge in [0.15, 0.2) is 0 Å². The van der Waals surface area contributed by atoms with Gasteiger partial charge in [0.2, 0.25) is 0 Å². The highest BCUT2D eigenvalue weighted by molar-refractivity contribution is 5.71. The van der Waals surface area contributed by atoms with Crippen molar-refractivity contribution in [3.05, 3.63) is 48.6 Å². The average Bonchev–Trinajstić information content (AvgIpc) is 2.16. The van der Waals surface area contributed by atoms with Gasteiger partial charge in [0.25, 0.3) is 0 Å². The van der Waals surface area contributed by atoms with Crippen molar-refractivity contribution in [3.8, 4) is 0 Å². The van der Waals surface area contributed by atoms with E-state index in [1.165, 1.54) is 0 Å². The number of hydrogen-bond acceptors (Lipinski definition) is 1. The van der Waals surface area contributed by atoms with Crippen LogP contribution in [0.5, 0.6) is 0 Å². The molecule has 1 heteroatoms. The zero-order valence-electron chi connectivity index (χ0n) is 7.30. The molecule has 0 amide bonds. The van der Waals surface area contributed by atoms with Crippen molar-refractivity contribution in [1.82, 2.24) is 5.32 Å². The molecule has 1 rings (SSSR count). The third kappa shape index (κ3) is 1.56. The zero-order chi connectivity index (χ0) is 8.97. The maximum Gasteiger partial charge on any atom is 0.0344 e. The van der Waals surface area contributed by atoms with Crippen LogP contribution in [0.2, 0.25) is 0 Å². The Kier molecular flexibility index (Phi) is 2.70. The molecule has 0 bridgehead atoms. The fourth-order valence-electron chi connectivity index (χ4n) is 1.08. The van der Waals surface area contributed by atoms with Gasteiger partial charge in [-0.2, -0.15) is 0 Å². The summed E-state index contributed by atoms with van der Waals surface area (Å²) in [5.74, 6) is 0. The van der Waals surface area contributed by atoms with Crippen molar-refractivity contribution < 1.29 is 0 Å². The first kappa shape index (κ1) is 8.60. The van der Waals surface area contributed by atoms with E-state index in [4.69, 9.17) is 0 Å². The molecule has 1 aromatic rings. The predicted molar refractivity (Wildman–Crippen MR) is 54.6 cm³/mol. The van der Waals surface area contributed by atoms with Crippen LogP contribution in [-0.4, -0.2) is 7.05 Å². The molecule has 12 heavy (non-hydrogen) atoms. The van der Waals surface area contributed by atoms with Crippen LogP contribution in [0.4, 0.5) is 0 Å². The fraction of sp³-hybridized carbons (Fsp3) is 0.0909. The van der Waals surface area contributed by atoms with Gasteiger partial charge in [-0.05, 0) is 5.56 Å². The molecular formula is C11H13N. The van der Waals surface area contributed by atoms with Crippen molar-refractivity contribution in [2.24, 2.45) is 0 Å². The first-order valence-electron chi connectivity index (χ1n) is 3.88. The molecule has 0 aliphatic rings. The van der Waals surface area contributed by atoms with Crippen LogP contribution in [0, 0.1) is 0 Å². The summed E-state index contributed by atoms with van der Waals surface area (Å²) < 4.78 is 0. The highest BCUT2D eigenvalue weighted by Gasteiger charge is 1.99. The molecule has 0 heterocycles. The second-order valence-electron chi connectivity index (χ2n) is 2.52. The Bertz CT molecular complexity index is 300. The van der Waals surface area contributed by atoms with E-state index < -0.39 is 0 Å². The lowest BCUT2D eigenvalue weighted by Crippen LogP contribution is -2.03. The Labute approximate surface area is 73.4 Å². The Balaban J connectivity index is 3.13. The normalized spacial score (nSPS) is 9.08. The van der Waals surface area contributed by atoms with E-state index in [9.17, 15) is 0 Å². The standard InChI is InChI=1S/C11H13N/c1-4-10-7-5-6-8-11(10)9(2)12-3/h4-8,12H,1-2H2,3H3. The summed E-state index contributed by atoms with van der Waals surface area (Å²) in [4.78, 5) is 0. The van der Waals surface area contributed by atoms with Gasteiger partial charge in [0.1, 0.15) is 0 Å². The minimum atomic E-state index is 0.922. The molecule has 0 aromatic heterocycles. The van der Waals surface area contributed by atoms with E-state index in [0.29, 0.717) is 0 Å². The quantitative estimate of drug-likeness (QED) is 0.714. The lowest BCUT2D eigenvalue weighted by atomic mass is 10.1. The molecule has 0 unspecified atom stereocenters. The van der Waals surface area contributed by atoms with Gasteiger partial charge in [0.05, 0.1) is 0 Å². The van der Waals surface area contributed by atoms with Gasteiger partial charge in [-0.3, -0.25) is 0 Å². The highest BCUT2D eigenvalue weighted by atomic mass is 14.8. The Hall–Kier alpha value is -1.50. The summed E-state index contributed by atoms with van der Waals surface area (Å²) in [5, 5.41) is 3.01. The van der Waals surface area contributed by atoms with Crippen molar-refractivity contribution in [3.63, 3.8) is 0 Å². The lowest BCUT2D eigenvalue weighted by Gasteiger charge is -2.07. The Morgan fingerprint density at radius 3 is 2.67 bits per heavy atom. The summed E-state index contributed by atoms with van der Waals surface area (Å²) in [6.07, 6.45) is 1.83. The summed E-state index contributed by atoms with van der Waals surface area (Å²) in [6.45, 7) is 7.63. The van der Waals surface area contributed by atoms with Gasteiger partial charge in [0, 0.05) is 18.3 Å². The van der Waals surface area contributed by atoms with Crippen LogP contribution in [0.15, 0.2) is 37.4 Å². The van der Waals surface area contributed by atoms with Gasteiger partial charge >= 0.3 is 0 Å². The van der Waals surface area contributed by atoms with E-state index in [1.54, 1.807) is 0 Å². The first-order chi connectivity index (χ1) is 5.79. The van der Waals surface area contributed by atoms with Crippen molar-refractivity contribution in [2.45, 2.75) is 0 Å².